The molecule has 0 aliphatic heterocycles. The minimum atomic E-state index is -4.37. The maximum atomic E-state index is 14.4. The average Bonchev–Trinajstić information content (AvgIpc) is 3.80. The highest BCUT2D eigenvalue weighted by Crippen LogP contribution is 2.20. The minimum Gasteiger partial charge on any atom is -0.481 e. The van der Waals surface area contributed by atoms with Crippen molar-refractivity contribution in [1.82, 2.24) is 42.2 Å². The number of carboxylic acids is 2. The van der Waals surface area contributed by atoms with Crippen LogP contribution in [0, 0.1) is 0 Å². The Morgan fingerprint density at radius 3 is 1.60 bits per heavy atom. The molecule has 0 bridgehead atoms. The maximum Gasteiger partial charge on any atom is 0.305 e. The molecule has 26 heteroatoms. The highest BCUT2D eigenvalue weighted by atomic mass is 32.2. The number of nitrogens with two attached hydrogens (primary N) is 2. The summed E-state index contributed by atoms with van der Waals surface area (Å²) < 4.78 is 32.1. The lowest BCUT2D eigenvalue weighted by atomic mass is 10.0. The smallest absolute Gasteiger partial charge is 0.305 e. The van der Waals surface area contributed by atoms with Gasteiger partial charge in [-0.05, 0) is 41.2 Å². The van der Waals surface area contributed by atoms with Gasteiger partial charge in [0.1, 0.15) is 42.0 Å². The number of unbranched alkanes of at least 4 members (excludes halogenated alkanes) is 2. The minimum absolute atomic E-state index is 0.00505. The van der Waals surface area contributed by atoms with Gasteiger partial charge in [0.2, 0.25) is 47.3 Å². The molecule has 7 atom stereocenters. The van der Waals surface area contributed by atoms with Gasteiger partial charge in [-0.1, -0.05) is 112 Å². The number of para-hydroxylation sites is 1. The third-order valence-corrected chi connectivity index (χ3v) is 13.0. The number of amides is 8. The number of carbonyl (C=O) groups excluding carboxylic acids is 8. The number of aromatic nitrogens is 1. The Balaban J connectivity index is 1.54. The number of primary amides is 1. The standard InChI is InChI=1S/C52H68N10O15S/c1-3-5-15-37(58-50(72)40(61-47(69)35(53)25-44(64)65)23-31-18-20-32(21-19-31)29-78(75,76)77)48(70)56-28-43(63)57-41(24-33-27-55-36-17-11-10-14-34(33)36)51(73)59-38(16-6-4-2)49(71)62-42(26-45(66)67)52(74)60-39(46(54)68)22-30-12-8-7-9-13-30/h7-14,17-21,27,35,37-42,55H,3-6,15-16,22-26,28-29,53H2,1-2H3,(H2,54,68)(H,56,70)(H,57,63)(H,58,72)(H,59,73)(H,60,74)(H,61,69)(H,62,71)(H,64,65)(H,66,67)(H,75,76,77)/t35-,37+,38+,39+,40+,41+,42+/m1/s1. The van der Waals surface area contributed by atoms with E-state index in [9.17, 15) is 71.1 Å². The zero-order valence-electron chi connectivity index (χ0n) is 43.1. The van der Waals surface area contributed by atoms with Crippen molar-refractivity contribution in [3.8, 4) is 0 Å². The molecule has 0 radical (unpaired) electrons. The molecule has 15 N–H and O–H groups in total. The first-order chi connectivity index (χ1) is 37.0. The van der Waals surface area contributed by atoms with Gasteiger partial charge in [0.15, 0.2) is 0 Å². The predicted molar refractivity (Wildman–Crippen MR) is 283 cm³/mol. The molecule has 4 aromatic rings. The lowest BCUT2D eigenvalue weighted by molar-refractivity contribution is -0.141. The van der Waals surface area contributed by atoms with Crippen LogP contribution in [-0.4, -0.2) is 136 Å². The highest BCUT2D eigenvalue weighted by Gasteiger charge is 2.34. The second-order valence-electron chi connectivity index (χ2n) is 18.6. The quantitative estimate of drug-likeness (QED) is 0.0274. The van der Waals surface area contributed by atoms with Crippen LogP contribution in [-0.2, 0) is 83.1 Å². The monoisotopic (exact) mass is 1100 g/mol. The van der Waals surface area contributed by atoms with Crippen LogP contribution in [0.1, 0.15) is 87.5 Å². The summed E-state index contributed by atoms with van der Waals surface area (Å²) in [6.45, 7) is 2.90. The fourth-order valence-electron chi connectivity index (χ4n) is 8.15. The molecule has 1 aromatic heterocycles. The Labute approximate surface area is 449 Å². The van der Waals surface area contributed by atoms with Gasteiger partial charge in [-0.25, -0.2) is 0 Å². The Hall–Kier alpha value is -8.23. The third kappa shape index (κ3) is 21.1. The van der Waals surface area contributed by atoms with E-state index in [4.69, 9.17) is 11.5 Å². The second-order valence-corrected chi connectivity index (χ2v) is 20.1. The molecule has 0 fully saturated rings. The summed E-state index contributed by atoms with van der Waals surface area (Å²) in [5.41, 5.74) is 13.9. The molecule has 3 aromatic carbocycles. The van der Waals surface area contributed by atoms with Gasteiger partial charge in [0.25, 0.3) is 10.1 Å². The molecule has 0 aliphatic carbocycles. The summed E-state index contributed by atoms with van der Waals surface area (Å²) in [7, 11) is -4.37. The average molecular weight is 1110 g/mol. The Bertz CT molecular complexity index is 2870. The highest BCUT2D eigenvalue weighted by molar-refractivity contribution is 7.85. The van der Waals surface area contributed by atoms with Gasteiger partial charge >= 0.3 is 11.9 Å². The molecule has 4 rings (SSSR count). The lowest BCUT2D eigenvalue weighted by Crippen LogP contribution is -2.59. The number of fused-ring (bicyclic) bond motifs is 1. The lowest BCUT2D eigenvalue weighted by Gasteiger charge is -2.26. The van der Waals surface area contributed by atoms with Crippen molar-refractivity contribution in [2.45, 2.75) is 133 Å². The number of nitrogens with one attached hydrogen (secondary N) is 8. The summed E-state index contributed by atoms with van der Waals surface area (Å²) >= 11 is 0. The summed E-state index contributed by atoms with van der Waals surface area (Å²) in [6, 6.07) is 11.1. The SMILES string of the molecule is CCCC[C@H](NC(=O)[C@H](Cc1ccc(CS(=O)(=O)O)cc1)NC(=O)[C@H](N)CC(=O)O)C(=O)NCC(=O)N[C@@H](Cc1c[nH]c2ccccc12)C(=O)N[C@@H](CCCC)C(=O)N[C@@H](CC(=O)O)C(=O)N[C@@H](Cc1ccccc1)C(N)=O. The van der Waals surface area contributed by atoms with Crippen LogP contribution < -0.4 is 48.7 Å². The van der Waals surface area contributed by atoms with E-state index in [1.165, 1.54) is 24.3 Å². The van der Waals surface area contributed by atoms with Crippen LogP contribution >= 0.6 is 0 Å². The largest absolute Gasteiger partial charge is 0.481 e. The molecule has 78 heavy (non-hydrogen) atoms. The molecule has 8 amide bonds. The topological polar surface area (TPSA) is 418 Å². The Kier molecular flexibility index (Phi) is 24.4. The molecule has 0 saturated carbocycles. The number of carbonyl (C=O) groups is 10. The maximum absolute atomic E-state index is 14.4. The number of carboxylic acid groups (broad SMARTS) is 2. The number of benzene rings is 3. The summed E-state index contributed by atoms with van der Waals surface area (Å²) in [6.07, 6.45) is 1.41. The normalized spacial score (nSPS) is 13.9. The van der Waals surface area contributed by atoms with Gasteiger partial charge in [0, 0.05) is 36.4 Å². The van der Waals surface area contributed by atoms with E-state index >= 15 is 0 Å². The second kappa shape index (κ2) is 30.5. The van der Waals surface area contributed by atoms with E-state index in [1.54, 1.807) is 60.8 Å². The van der Waals surface area contributed by atoms with Gasteiger partial charge in [0.05, 0.1) is 25.4 Å². The molecule has 0 saturated heterocycles. The molecule has 0 spiro atoms. The molecule has 422 valence electrons. The molecular formula is C52H68N10O15S. The van der Waals surface area contributed by atoms with Crippen LogP contribution in [0.25, 0.3) is 10.9 Å². The predicted octanol–water partition coefficient (Wildman–Crippen LogP) is -0.249. The third-order valence-electron chi connectivity index (χ3n) is 12.3. The number of hydrogen-bond acceptors (Lipinski definition) is 13. The molecule has 0 aliphatic rings. The Morgan fingerprint density at radius 1 is 0.551 bits per heavy atom. The fraction of sp³-hybridized carbons (Fsp3) is 0.423. The Morgan fingerprint density at radius 2 is 1.03 bits per heavy atom. The molecular weight excluding hydrogens is 1040 g/mol. The van der Waals surface area contributed by atoms with Gasteiger partial charge in [-0.3, -0.25) is 52.5 Å². The van der Waals surface area contributed by atoms with Gasteiger partial charge in [-0.2, -0.15) is 8.42 Å². The number of aliphatic carboxylic acids is 2. The summed E-state index contributed by atoms with van der Waals surface area (Å²) in [4.78, 5) is 135. The van der Waals surface area contributed by atoms with Crippen LogP contribution in [0.3, 0.4) is 0 Å². The molecule has 1 heterocycles. The van der Waals surface area contributed by atoms with Crippen molar-refractivity contribution in [3.05, 3.63) is 107 Å². The van der Waals surface area contributed by atoms with E-state index in [2.05, 4.69) is 42.2 Å². The number of H-pyrrole nitrogens is 1. The van der Waals surface area contributed by atoms with Crippen molar-refractivity contribution in [3.63, 3.8) is 0 Å². The van der Waals surface area contributed by atoms with Crippen LogP contribution in [0.5, 0.6) is 0 Å². The number of hydrogen-bond donors (Lipinski definition) is 13. The number of rotatable bonds is 33. The van der Waals surface area contributed by atoms with Crippen molar-refractivity contribution < 1.29 is 71.1 Å². The van der Waals surface area contributed by atoms with E-state index in [1.807, 2.05) is 13.8 Å². The van der Waals surface area contributed by atoms with Crippen molar-refractivity contribution >= 4 is 80.2 Å². The molecule has 25 nitrogen and oxygen atoms in total. The summed E-state index contributed by atoms with van der Waals surface area (Å²) in [5.74, 6) is -10.9. The fourth-order valence-corrected chi connectivity index (χ4v) is 8.77. The number of aromatic amines is 1. The van der Waals surface area contributed by atoms with Crippen molar-refractivity contribution in [2.75, 3.05) is 6.54 Å². The van der Waals surface area contributed by atoms with E-state index in [0.29, 0.717) is 53.3 Å². The van der Waals surface area contributed by atoms with Crippen molar-refractivity contribution in [1.29, 1.82) is 0 Å². The van der Waals surface area contributed by atoms with Crippen molar-refractivity contribution in [2.24, 2.45) is 11.5 Å². The first kappa shape index (κ1) is 62.3. The van der Waals surface area contributed by atoms with Crippen LogP contribution in [0.4, 0.5) is 0 Å². The zero-order valence-corrected chi connectivity index (χ0v) is 43.9. The van der Waals surface area contributed by atoms with E-state index in [0.717, 1.165) is 0 Å². The molecule has 0 unspecified atom stereocenters. The summed E-state index contributed by atoms with van der Waals surface area (Å²) in [5, 5.41) is 37.2. The van der Waals surface area contributed by atoms with Crippen LogP contribution in [0.15, 0.2) is 85.1 Å². The van der Waals surface area contributed by atoms with Gasteiger partial charge in [-0.15, -0.1) is 0 Å². The van der Waals surface area contributed by atoms with Crippen LogP contribution in [0.2, 0.25) is 0 Å². The zero-order chi connectivity index (χ0) is 57.5. The van der Waals surface area contributed by atoms with Gasteiger partial charge < -0.3 is 63.9 Å². The first-order valence-electron chi connectivity index (χ1n) is 25.2. The first-order valence-corrected chi connectivity index (χ1v) is 26.8. The van der Waals surface area contributed by atoms with E-state index in [-0.39, 0.29) is 37.7 Å². The van der Waals surface area contributed by atoms with E-state index < -0.39 is 137 Å².